The second-order valence-corrected chi connectivity index (χ2v) is 9.55. The molecule has 0 unspecified atom stereocenters. The average Bonchev–Trinajstić information content (AvgIpc) is 3.45. The number of hydrogen-bond donors (Lipinski definition) is 3. The highest BCUT2D eigenvalue weighted by Crippen LogP contribution is 2.29. The number of carboxylic acids is 1. The van der Waals surface area contributed by atoms with Gasteiger partial charge in [-0.3, -0.25) is 10.1 Å². The van der Waals surface area contributed by atoms with E-state index in [1.807, 2.05) is 66.7 Å². The van der Waals surface area contributed by atoms with Crippen LogP contribution in [0.25, 0.3) is 22.1 Å². The number of aliphatic carboxylic acids is 1. The molecule has 5 rings (SSSR count). The number of aliphatic hydroxyl groups excluding tert-OH is 1. The highest BCUT2D eigenvalue weighted by Gasteiger charge is 2.17. The van der Waals surface area contributed by atoms with Gasteiger partial charge in [-0.15, -0.1) is 0 Å². The maximum atomic E-state index is 11.4. The Bertz CT molecular complexity index is 1590. The fraction of sp³-hybridized carbons (Fsp3) is 0.182. The molecule has 7 nitrogen and oxygen atoms in total. The van der Waals surface area contributed by atoms with Crippen LogP contribution >= 0.6 is 0 Å². The maximum Gasteiger partial charge on any atom is 0.323 e. The lowest BCUT2D eigenvalue weighted by Gasteiger charge is -2.17. The first-order valence-electron chi connectivity index (χ1n) is 13.1. The molecule has 0 bridgehead atoms. The molecule has 4 aromatic carbocycles. The minimum absolute atomic E-state index is 0.197. The quantitative estimate of drug-likeness (QED) is 0.177. The third kappa shape index (κ3) is 6.34. The van der Waals surface area contributed by atoms with Gasteiger partial charge in [0.1, 0.15) is 36.3 Å². The molecule has 0 aliphatic rings. The molecular formula is C33H31NO6. The van der Waals surface area contributed by atoms with Crippen LogP contribution < -0.4 is 14.8 Å². The van der Waals surface area contributed by atoms with E-state index in [4.69, 9.17) is 13.9 Å². The van der Waals surface area contributed by atoms with Gasteiger partial charge in [0.15, 0.2) is 0 Å². The largest absolute Gasteiger partial charge is 0.489 e. The molecule has 0 amide bonds. The highest BCUT2D eigenvalue weighted by molar-refractivity contribution is 5.77. The van der Waals surface area contributed by atoms with Gasteiger partial charge in [-0.2, -0.15) is 0 Å². The number of carboxylic acid groups (broad SMARTS) is 1. The van der Waals surface area contributed by atoms with E-state index in [9.17, 15) is 15.0 Å². The van der Waals surface area contributed by atoms with E-state index in [-0.39, 0.29) is 13.2 Å². The highest BCUT2D eigenvalue weighted by atomic mass is 16.5. The summed E-state index contributed by atoms with van der Waals surface area (Å²) in [5.74, 6) is 0.0628. The molecule has 0 aliphatic heterocycles. The summed E-state index contributed by atoms with van der Waals surface area (Å²) in [5.41, 5.74) is 7.01. The minimum Gasteiger partial charge on any atom is -0.489 e. The summed E-state index contributed by atoms with van der Waals surface area (Å²) in [6.07, 6.45) is 1.65. The van der Waals surface area contributed by atoms with Crippen LogP contribution in [0, 0.1) is 6.92 Å². The molecule has 0 aliphatic carbocycles. The summed E-state index contributed by atoms with van der Waals surface area (Å²) in [7, 11) is 0. The van der Waals surface area contributed by atoms with E-state index >= 15 is 0 Å². The zero-order valence-electron chi connectivity index (χ0n) is 22.2. The number of benzene rings is 4. The van der Waals surface area contributed by atoms with Crippen LogP contribution in [0.2, 0.25) is 0 Å². The monoisotopic (exact) mass is 537 g/mol. The minimum atomic E-state index is -1.12. The van der Waals surface area contributed by atoms with Gasteiger partial charge in [0.2, 0.25) is 0 Å². The zero-order valence-corrected chi connectivity index (χ0v) is 22.2. The Morgan fingerprint density at radius 2 is 1.75 bits per heavy atom. The third-order valence-corrected chi connectivity index (χ3v) is 6.90. The average molecular weight is 538 g/mol. The fourth-order valence-corrected chi connectivity index (χ4v) is 4.55. The van der Waals surface area contributed by atoms with E-state index in [0.717, 1.165) is 44.3 Å². The zero-order chi connectivity index (χ0) is 27.9. The summed E-state index contributed by atoms with van der Waals surface area (Å²) < 4.78 is 17.9. The van der Waals surface area contributed by atoms with Crippen LogP contribution in [-0.2, 0) is 24.6 Å². The molecule has 7 heteroatoms. The summed E-state index contributed by atoms with van der Waals surface area (Å²) >= 11 is 0. The van der Waals surface area contributed by atoms with Crippen molar-refractivity contribution < 1.29 is 28.9 Å². The lowest BCUT2D eigenvalue weighted by molar-refractivity contribution is -0.140. The van der Waals surface area contributed by atoms with Gasteiger partial charge < -0.3 is 24.1 Å². The molecule has 0 fully saturated rings. The van der Waals surface area contributed by atoms with Crippen LogP contribution in [0.5, 0.6) is 11.5 Å². The summed E-state index contributed by atoms with van der Waals surface area (Å²) in [6, 6.07) is 28.7. The predicted octanol–water partition coefficient (Wildman–Crippen LogP) is 6.10. The Morgan fingerprint density at radius 3 is 2.55 bits per heavy atom. The van der Waals surface area contributed by atoms with Crippen LogP contribution in [0.1, 0.15) is 22.3 Å². The number of fused-ring (bicyclic) bond motifs is 1. The van der Waals surface area contributed by atoms with Gasteiger partial charge in [0.25, 0.3) is 0 Å². The molecular weight excluding hydrogens is 506 g/mol. The van der Waals surface area contributed by atoms with Gasteiger partial charge in [-0.1, -0.05) is 66.7 Å². The second-order valence-electron chi connectivity index (χ2n) is 9.55. The second kappa shape index (κ2) is 12.5. The molecule has 0 saturated carbocycles. The molecule has 0 spiro atoms. The first kappa shape index (κ1) is 27.0. The first-order chi connectivity index (χ1) is 19.5. The molecule has 1 aromatic heterocycles. The van der Waals surface area contributed by atoms with E-state index in [2.05, 4.69) is 36.5 Å². The molecule has 0 saturated heterocycles. The Labute approximate surface area is 232 Å². The molecule has 0 radical (unpaired) electrons. The number of carbonyl (C=O) groups is 1. The van der Waals surface area contributed by atoms with Crippen LogP contribution in [0.3, 0.4) is 0 Å². The van der Waals surface area contributed by atoms with Crippen molar-refractivity contribution in [1.29, 1.82) is 0 Å². The van der Waals surface area contributed by atoms with Gasteiger partial charge in [-0.05, 0) is 52.9 Å². The Hall–Kier alpha value is -4.59. The number of ether oxygens (including phenoxy) is 2. The Balaban J connectivity index is 1.34. The molecule has 204 valence electrons. The van der Waals surface area contributed by atoms with Crippen molar-refractivity contribution in [3.8, 4) is 22.6 Å². The van der Waals surface area contributed by atoms with Crippen molar-refractivity contribution in [1.82, 2.24) is 5.32 Å². The third-order valence-electron chi connectivity index (χ3n) is 6.90. The van der Waals surface area contributed by atoms with E-state index in [0.29, 0.717) is 18.1 Å². The summed E-state index contributed by atoms with van der Waals surface area (Å²) in [6.45, 7) is 2.44. The number of furan rings is 1. The Kier molecular flexibility index (Phi) is 8.44. The normalized spacial score (nSPS) is 11.8. The molecule has 40 heavy (non-hydrogen) atoms. The van der Waals surface area contributed by atoms with Crippen LogP contribution in [0.4, 0.5) is 0 Å². The number of hydrogen-bond acceptors (Lipinski definition) is 6. The predicted molar refractivity (Wildman–Crippen MR) is 153 cm³/mol. The topological polar surface area (TPSA) is 101 Å². The van der Waals surface area contributed by atoms with E-state index in [1.165, 1.54) is 0 Å². The van der Waals surface area contributed by atoms with E-state index < -0.39 is 18.6 Å². The van der Waals surface area contributed by atoms with Gasteiger partial charge >= 0.3 is 5.97 Å². The fourth-order valence-electron chi connectivity index (χ4n) is 4.55. The first-order valence-corrected chi connectivity index (χ1v) is 13.1. The van der Waals surface area contributed by atoms with Gasteiger partial charge in [0, 0.05) is 23.6 Å². The van der Waals surface area contributed by atoms with Crippen molar-refractivity contribution in [2.75, 3.05) is 6.61 Å². The van der Waals surface area contributed by atoms with Crippen molar-refractivity contribution in [3.63, 3.8) is 0 Å². The van der Waals surface area contributed by atoms with Crippen molar-refractivity contribution >= 4 is 16.9 Å². The molecule has 3 N–H and O–H groups in total. The van der Waals surface area contributed by atoms with Crippen LogP contribution in [0.15, 0.2) is 102 Å². The van der Waals surface area contributed by atoms with Crippen molar-refractivity contribution in [2.24, 2.45) is 0 Å². The van der Waals surface area contributed by atoms with E-state index in [1.54, 1.807) is 6.26 Å². The number of nitrogens with one attached hydrogen (secondary N) is 1. The summed E-state index contributed by atoms with van der Waals surface area (Å²) in [5, 5.41) is 22.6. The standard InChI is InChI=1S/C33H31NO6/c1-22-27(8-5-9-29(22)24-6-3-2-4-7-24)21-39-28-13-12-26(18-34-30(19-35)33(36)37)32(17-28)40-20-23-10-11-25-14-15-38-31(25)16-23/h2-17,30,34-35H,18-21H2,1H3,(H,36,37)/t30-/m1/s1. The van der Waals surface area contributed by atoms with Crippen molar-refractivity contribution in [2.45, 2.75) is 32.7 Å². The Morgan fingerprint density at radius 1 is 0.900 bits per heavy atom. The smallest absolute Gasteiger partial charge is 0.323 e. The SMILES string of the molecule is Cc1c(COc2ccc(CN[C@H](CO)C(=O)O)c(OCc3ccc4ccoc4c3)c2)cccc1-c1ccccc1. The summed E-state index contributed by atoms with van der Waals surface area (Å²) in [4.78, 5) is 11.4. The molecule has 1 atom stereocenters. The van der Waals surface area contributed by atoms with Gasteiger partial charge in [-0.25, -0.2) is 0 Å². The molecule has 1 heterocycles. The maximum absolute atomic E-state index is 11.4. The van der Waals surface area contributed by atoms with Crippen molar-refractivity contribution in [3.05, 3.63) is 120 Å². The van der Waals surface area contributed by atoms with Gasteiger partial charge in [0.05, 0.1) is 12.9 Å². The van der Waals surface area contributed by atoms with Crippen LogP contribution in [-0.4, -0.2) is 28.8 Å². The lowest BCUT2D eigenvalue weighted by atomic mass is 9.97. The molecule has 5 aromatic rings. The number of rotatable bonds is 12. The lowest BCUT2D eigenvalue weighted by Crippen LogP contribution is -2.39. The number of aliphatic hydroxyl groups is 1.